The number of hydrogen-bond donors (Lipinski definition) is 2. The molecule has 5 nitrogen and oxygen atoms in total. The van der Waals surface area contributed by atoms with E-state index in [9.17, 15) is 19.4 Å². The van der Waals surface area contributed by atoms with E-state index in [0.29, 0.717) is 30.7 Å². The molecule has 1 fully saturated rings. The second kappa shape index (κ2) is 10.7. The molecule has 3 aromatic carbocycles. The normalized spacial score (nSPS) is 18.4. The lowest BCUT2D eigenvalue weighted by molar-refractivity contribution is -0.131. The van der Waals surface area contributed by atoms with E-state index in [1.807, 2.05) is 24.3 Å². The number of rotatable bonds is 10. The van der Waals surface area contributed by atoms with Crippen molar-refractivity contribution in [1.82, 2.24) is 0 Å². The third kappa shape index (κ3) is 5.23. The first kappa shape index (κ1) is 23.8. The number of aliphatic hydroxyl groups excluding tert-OH is 1. The molecular weight excluding hydrogens is 433 g/mol. The fourth-order valence-electron chi connectivity index (χ4n) is 4.40. The molecule has 178 valence electrons. The summed E-state index contributed by atoms with van der Waals surface area (Å²) >= 11 is 0. The van der Waals surface area contributed by atoms with Gasteiger partial charge in [0.15, 0.2) is 0 Å². The molecule has 0 radical (unpaired) electrons. The van der Waals surface area contributed by atoms with Gasteiger partial charge in [0.05, 0.1) is 24.7 Å². The maximum absolute atomic E-state index is 13.2. The number of carbonyl (C=O) groups is 1. The zero-order chi connectivity index (χ0) is 24.1. The van der Waals surface area contributed by atoms with Crippen LogP contribution in [0.2, 0.25) is 0 Å². The molecular formula is C28H30FNO4. The number of unbranched alkanes of at least 4 members (excludes halogenated alkanes) is 1. The van der Waals surface area contributed by atoms with Crippen LogP contribution in [0.1, 0.15) is 55.9 Å². The summed E-state index contributed by atoms with van der Waals surface area (Å²) in [6.45, 7) is 2.78. The number of β-lactam (4-membered cyclic amide) rings is 1. The van der Waals surface area contributed by atoms with Crippen molar-refractivity contribution in [2.24, 2.45) is 5.92 Å². The average Bonchev–Trinajstić information content (AvgIpc) is 2.85. The summed E-state index contributed by atoms with van der Waals surface area (Å²) in [5.74, 6) is 0.265. The zero-order valence-corrected chi connectivity index (χ0v) is 19.2. The maximum atomic E-state index is 13.2. The van der Waals surface area contributed by atoms with E-state index in [1.54, 1.807) is 41.3 Å². The van der Waals surface area contributed by atoms with Crippen LogP contribution in [-0.4, -0.2) is 22.7 Å². The highest BCUT2D eigenvalue weighted by molar-refractivity contribution is 6.03. The van der Waals surface area contributed by atoms with Gasteiger partial charge >= 0.3 is 0 Å². The number of halogens is 1. The topological polar surface area (TPSA) is 70.0 Å². The number of nitrogens with zero attached hydrogens (tertiary/aromatic N) is 1. The second-order valence-electron chi connectivity index (χ2n) is 8.69. The SMILES string of the molecule is CCCCOc1ccc(C2[C@@H](CCC(O)c3ccc(F)cc3)C(=O)N2c2ccc(O)cc2)cc1. The summed E-state index contributed by atoms with van der Waals surface area (Å²) in [6.07, 6.45) is 2.17. The zero-order valence-electron chi connectivity index (χ0n) is 19.2. The lowest BCUT2D eigenvalue weighted by atomic mass is 9.78. The average molecular weight is 464 g/mol. The molecule has 0 saturated carbocycles. The Morgan fingerprint density at radius 2 is 1.68 bits per heavy atom. The molecule has 4 rings (SSSR count). The van der Waals surface area contributed by atoms with E-state index >= 15 is 0 Å². The number of hydrogen-bond acceptors (Lipinski definition) is 4. The van der Waals surface area contributed by atoms with Gasteiger partial charge < -0.3 is 19.8 Å². The Morgan fingerprint density at radius 3 is 2.32 bits per heavy atom. The Morgan fingerprint density at radius 1 is 1.00 bits per heavy atom. The highest BCUT2D eigenvalue weighted by Gasteiger charge is 2.48. The van der Waals surface area contributed by atoms with Gasteiger partial charge in [0.2, 0.25) is 5.91 Å². The molecule has 0 bridgehead atoms. The predicted molar refractivity (Wildman–Crippen MR) is 129 cm³/mol. The molecule has 34 heavy (non-hydrogen) atoms. The molecule has 2 unspecified atom stereocenters. The summed E-state index contributed by atoms with van der Waals surface area (Å²) in [5, 5.41) is 20.2. The number of amides is 1. The largest absolute Gasteiger partial charge is 0.508 e. The maximum Gasteiger partial charge on any atom is 0.233 e. The van der Waals surface area contributed by atoms with Gasteiger partial charge in [0, 0.05) is 5.69 Å². The molecule has 0 aromatic heterocycles. The van der Waals surface area contributed by atoms with Crippen LogP contribution < -0.4 is 9.64 Å². The van der Waals surface area contributed by atoms with Gasteiger partial charge in [0.25, 0.3) is 0 Å². The smallest absolute Gasteiger partial charge is 0.233 e. The lowest BCUT2D eigenvalue weighted by Crippen LogP contribution is -2.55. The Labute approximate surface area is 199 Å². The monoisotopic (exact) mass is 463 g/mol. The van der Waals surface area contributed by atoms with Crippen molar-refractivity contribution in [2.45, 2.75) is 44.8 Å². The number of anilines is 1. The van der Waals surface area contributed by atoms with E-state index in [0.717, 1.165) is 24.2 Å². The number of aliphatic hydroxyl groups is 1. The van der Waals surface area contributed by atoms with Crippen LogP contribution in [0, 0.1) is 11.7 Å². The standard InChI is InChI=1S/C28H30FNO4/c1-2-3-18-34-24-14-6-20(7-15-24)27-25(16-17-26(32)19-4-8-21(29)9-5-19)28(33)30(27)22-10-12-23(31)13-11-22/h4-15,25-27,31-32H,2-3,16-18H2,1H3/t25-,26?,27?/m1/s1. The van der Waals surface area contributed by atoms with E-state index in [-0.39, 0.29) is 29.4 Å². The molecule has 0 spiro atoms. The lowest BCUT2D eigenvalue weighted by Gasteiger charge is -2.48. The summed E-state index contributed by atoms with van der Waals surface area (Å²) in [5.41, 5.74) is 2.33. The number of phenols is 1. The molecule has 6 heteroatoms. The minimum Gasteiger partial charge on any atom is -0.508 e. The number of ether oxygens (including phenoxy) is 1. The molecule has 1 heterocycles. The molecule has 1 saturated heterocycles. The molecule has 1 amide bonds. The summed E-state index contributed by atoms with van der Waals surface area (Å²) < 4.78 is 19.0. The molecule has 3 atom stereocenters. The van der Waals surface area contributed by atoms with E-state index in [4.69, 9.17) is 4.74 Å². The number of carbonyl (C=O) groups excluding carboxylic acids is 1. The predicted octanol–water partition coefficient (Wildman–Crippen LogP) is 5.93. The van der Waals surface area contributed by atoms with Crippen molar-refractivity contribution in [3.8, 4) is 11.5 Å². The van der Waals surface area contributed by atoms with Gasteiger partial charge in [0.1, 0.15) is 17.3 Å². The number of phenolic OH excluding ortho intramolecular Hbond substituents is 1. The Hall–Kier alpha value is -3.38. The van der Waals surface area contributed by atoms with Crippen LogP contribution in [0.15, 0.2) is 72.8 Å². The van der Waals surface area contributed by atoms with Crippen LogP contribution in [0.25, 0.3) is 0 Å². The van der Waals surface area contributed by atoms with E-state index in [1.165, 1.54) is 12.1 Å². The highest BCUT2D eigenvalue weighted by atomic mass is 19.1. The summed E-state index contributed by atoms with van der Waals surface area (Å²) in [7, 11) is 0. The van der Waals surface area contributed by atoms with Gasteiger partial charge in [-0.1, -0.05) is 37.6 Å². The first-order chi connectivity index (χ1) is 16.5. The van der Waals surface area contributed by atoms with Crippen molar-refractivity contribution in [3.05, 3.63) is 89.7 Å². The Kier molecular flexibility index (Phi) is 7.48. The quantitative estimate of drug-likeness (QED) is 0.289. The first-order valence-electron chi connectivity index (χ1n) is 11.8. The van der Waals surface area contributed by atoms with Gasteiger partial charge in [-0.15, -0.1) is 0 Å². The van der Waals surface area contributed by atoms with Gasteiger partial charge in [-0.3, -0.25) is 4.79 Å². The number of benzene rings is 3. The first-order valence-corrected chi connectivity index (χ1v) is 11.8. The van der Waals surface area contributed by atoms with Crippen LogP contribution in [-0.2, 0) is 4.79 Å². The van der Waals surface area contributed by atoms with Crippen LogP contribution in [0.4, 0.5) is 10.1 Å². The van der Waals surface area contributed by atoms with Crippen LogP contribution >= 0.6 is 0 Å². The summed E-state index contributed by atoms with van der Waals surface area (Å²) in [4.78, 5) is 14.9. The molecule has 3 aromatic rings. The highest BCUT2D eigenvalue weighted by Crippen LogP contribution is 2.46. The van der Waals surface area contributed by atoms with Crippen LogP contribution in [0.5, 0.6) is 11.5 Å². The molecule has 1 aliphatic rings. The Balaban J connectivity index is 1.52. The summed E-state index contributed by atoms with van der Waals surface area (Å²) in [6, 6.07) is 20.0. The van der Waals surface area contributed by atoms with Crippen molar-refractivity contribution >= 4 is 11.6 Å². The van der Waals surface area contributed by atoms with Gasteiger partial charge in [-0.25, -0.2) is 4.39 Å². The second-order valence-corrected chi connectivity index (χ2v) is 8.69. The van der Waals surface area contributed by atoms with E-state index < -0.39 is 6.10 Å². The van der Waals surface area contributed by atoms with Gasteiger partial charge in [-0.05, 0) is 78.9 Å². The van der Waals surface area contributed by atoms with Crippen molar-refractivity contribution < 1.29 is 24.1 Å². The fourth-order valence-corrected chi connectivity index (χ4v) is 4.40. The minimum atomic E-state index is -0.772. The fraction of sp³-hybridized carbons (Fsp3) is 0.321. The third-order valence-electron chi connectivity index (χ3n) is 6.34. The third-order valence-corrected chi connectivity index (χ3v) is 6.34. The van der Waals surface area contributed by atoms with E-state index in [2.05, 4.69) is 6.92 Å². The molecule has 2 N–H and O–H groups in total. The van der Waals surface area contributed by atoms with Crippen molar-refractivity contribution in [3.63, 3.8) is 0 Å². The van der Waals surface area contributed by atoms with Crippen molar-refractivity contribution in [2.75, 3.05) is 11.5 Å². The molecule has 0 aliphatic carbocycles. The number of aromatic hydroxyl groups is 1. The van der Waals surface area contributed by atoms with Crippen molar-refractivity contribution in [1.29, 1.82) is 0 Å². The van der Waals surface area contributed by atoms with Gasteiger partial charge in [-0.2, -0.15) is 0 Å². The minimum absolute atomic E-state index is 0.0229. The Bertz CT molecular complexity index is 1080. The molecule has 1 aliphatic heterocycles. The van der Waals surface area contributed by atoms with Crippen LogP contribution in [0.3, 0.4) is 0 Å².